The fourth-order valence-corrected chi connectivity index (χ4v) is 0.625. The lowest BCUT2D eigenvalue weighted by atomic mass is 10.2. The van der Waals surface area contributed by atoms with E-state index in [1.54, 1.807) is 6.21 Å². The monoisotopic (exact) mass is 143 g/mol. The minimum atomic E-state index is -0.125. The Hall–Kier alpha value is -0.660. The zero-order valence-electron chi connectivity index (χ0n) is 6.82. The summed E-state index contributed by atoms with van der Waals surface area (Å²) >= 11 is 0. The standard InChI is InChI=1S/C8H14FN/c1-4-8(7(3)9)6-10-5-2/h6H,4-5H2,1-3H3/b8-7-,10-6-. The molecule has 0 rings (SSSR count). The van der Waals surface area contributed by atoms with E-state index in [4.69, 9.17) is 0 Å². The lowest BCUT2D eigenvalue weighted by molar-refractivity contribution is 0.629. The summed E-state index contributed by atoms with van der Waals surface area (Å²) in [5.41, 5.74) is 0.696. The van der Waals surface area contributed by atoms with Crippen LogP contribution in [0, 0.1) is 0 Å². The highest BCUT2D eigenvalue weighted by Gasteiger charge is 1.93. The third-order valence-electron chi connectivity index (χ3n) is 1.25. The second-order valence-corrected chi connectivity index (χ2v) is 2.04. The second-order valence-electron chi connectivity index (χ2n) is 2.04. The maximum Gasteiger partial charge on any atom is 0.102 e. The highest BCUT2D eigenvalue weighted by atomic mass is 19.1. The molecule has 0 unspecified atom stereocenters. The average molecular weight is 143 g/mol. The minimum absolute atomic E-state index is 0.125. The molecule has 0 saturated carbocycles. The van der Waals surface area contributed by atoms with Crippen LogP contribution in [0.3, 0.4) is 0 Å². The van der Waals surface area contributed by atoms with Gasteiger partial charge in [-0.2, -0.15) is 0 Å². The van der Waals surface area contributed by atoms with E-state index in [0.717, 1.165) is 6.54 Å². The van der Waals surface area contributed by atoms with Gasteiger partial charge in [0, 0.05) is 18.3 Å². The first-order chi connectivity index (χ1) is 4.72. The Bertz CT molecular complexity index is 143. The summed E-state index contributed by atoms with van der Waals surface area (Å²) in [6.45, 7) is 6.02. The molecule has 0 atom stereocenters. The van der Waals surface area contributed by atoms with E-state index in [0.29, 0.717) is 12.0 Å². The summed E-state index contributed by atoms with van der Waals surface area (Å²) in [6, 6.07) is 0. The lowest BCUT2D eigenvalue weighted by Gasteiger charge is -1.94. The summed E-state index contributed by atoms with van der Waals surface area (Å²) in [6.07, 6.45) is 2.32. The lowest BCUT2D eigenvalue weighted by Crippen LogP contribution is -1.85. The SMILES string of the molecule is CC/N=C\C(CC)=C(\C)F. The van der Waals surface area contributed by atoms with Crippen molar-refractivity contribution in [1.82, 2.24) is 0 Å². The molecule has 1 nitrogen and oxygen atoms in total. The topological polar surface area (TPSA) is 12.4 Å². The molecule has 0 aromatic heterocycles. The van der Waals surface area contributed by atoms with Gasteiger partial charge >= 0.3 is 0 Å². The predicted molar refractivity (Wildman–Crippen MR) is 43.1 cm³/mol. The van der Waals surface area contributed by atoms with Crippen LogP contribution in [0.5, 0.6) is 0 Å². The molecule has 0 bridgehead atoms. The molecule has 0 aromatic carbocycles. The first-order valence-electron chi connectivity index (χ1n) is 3.57. The molecule has 0 N–H and O–H groups in total. The van der Waals surface area contributed by atoms with Gasteiger partial charge in [0.25, 0.3) is 0 Å². The highest BCUT2D eigenvalue weighted by molar-refractivity contribution is 5.78. The number of hydrogen-bond acceptors (Lipinski definition) is 1. The molecular weight excluding hydrogens is 129 g/mol. The van der Waals surface area contributed by atoms with Gasteiger partial charge in [0.05, 0.1) is 0 Å². The van der Waals surface area contributed by atoms with Gasteiger partial charge in [0.2, 0.25) is 0 Å². The van der Waals surface area contributed by atoms with Crippen LogP contribution in [0.1, 0.15) is 27.2 Å². The summed E-state index contributed by atoms with van der Waals surface area (Å²) in [5.74, 6) is -0.125. The van der Waals surface area contributed by atoms with Gasteiger partial charge in [-0.25, -0.2) is 4.39 Å². The van der Waals surface area contributed by atoms with Gasteiger partial charge in [-0.3, -0.25) is 4.99 Å². The van der Waals surface area contributed by atoms with E-state index in [2.05, 4.69) is 4.99 Å². The van der Waals surface area contributed by atoms with Gasteiger partial charge in [0.1, 0.15) is 5.83 Å². The summed E-state index contributed by atoms with van der Waals surface area (Å²) < 4.78 is 12.5. The quantitative estimate of drug-likeness (QED) is 0.539. The number of halogens is 1. The fourth-order valence-electron chi connectivity index (χ4n) is 0.625. The molecule has 0 aliphatic rings. The molecule has 0 amide bonds. The number of hydrogen-bond donors (Lipinski definition) is 0. The Kier molecular flexibility index (Phi) is 4.81. The molecule has 0 fully saturated rings. The maximum absolute atomic E-state index is 12.5. The van der Waals surface area contributed by atoms with Crippen molar-refractivity contribution in [2.75, 3.05) is 6.54 Å². The molecule has 2 heteroatoms. The van der Waals surface area contributed by atoms with E-state index < -0.39 is 0 Å². The van der Waals surface area contributed by atoms with Crippen LogP contribution in [0.15, 0.2) is 16.4 Å². The normalized spacial score (nSPS) is 14.0. The van der Waals surface area contributed by atoms with Crippen LogP contribution in [-0.2, 0) is 0 Å². The molecule has 0 aromatic rings. The molecular formula is C8H14FN. The van der Waals surface area contributed by atoms with E-state index in [1.165, 1.54) is 6.92 Å². The molecule has 0 aliphatic heterocycles. The summed E-state index contributed by atoms with van der Waals surface area (Å²) in [4.78, 5) is 3.94. The highest BCUT2D eigenvalue weighted by Crippen LogP contribution is 2.06. The number of rotatable bonds is 3. The van der Waals surface area contributed by atoms with Crippen LogP contribution in [-0.4, -0.2) is 12.8 Å². The van der Waals surface area contributed by atoms with Crippen LogP contribution in [0.4, 0.5) is 4.39 Å². The zero-order valence-corrected chi connectivity index (χ0v) is 6.82. The third kappa shape index (κ3) is 3.38. The molecule has 10 heavy (non-hydrogen) atoms. The van der Waals surface area contributed by atoms with Gasteiger partial charge in [-0.15, -0.1) is 0 Å². The Morgan fingerprint density at radius 1 is 1.50 bits per heavy atom. The first-order valence-corrected chi connectivity index (χ1v) is 3.57. The molecule has 0 spiro atoms. The van der Waals surface area contributed by atoms with E-state index in [-0.39, 0.29) is 5.83 Å². The molecule has 58 valence electrons. The largest absolute Gasteiger partial charge is 0.293 e. The van der Waals surface area contributed by atoms with Crippen molar-refractivity contribution in [1.29, 1.82) is 0 Å². The molecule has 0 radical (unpaired) electrons. The maximum atomic E-state index is 12.5. The van der Waals surface area contributed by atoms with Crippen molar-refractivity contribution in [2.45, 2.75) is 27.2 Å². The number of nitrogens with zero attached hydrogens (tertiary/aromatic N) is 1. The second kappa shape index (κ2) is 5.15. The summed E-state index contributed by atoms with van der Waals surface area (Å²) in [5, 5.41) is 0. The third-order valence-corrected chi connectivity index (χ3v) is 1.25. The predicted octanol–water partition coefficient (Wildman–Crippen LogP) is 2.73. The van der Waals surface area contributed by atoms with Crippen LogP contribution < -0.4 is 0 Å². The van der Waals surface area contributed by atoms with E-state index >= 15 is 0 Å². The average Bonchev–Trinajstić information content (AvgIpc) is 1.89. The van der Waals surface area contributed by atoms with Crippen LogP contribution >= 0.6 is 0 Å². The Balaban J connectivity index is 4.10. The van der Waals surface area contributed by atoms with E-state index in [1.807, 2.05) is 13.8 Å². The Morgan fingerprint density at radius 2 is 2.10 bits per heavy atom. The van der Waals surface area contributed by atoms with Crippen LogP contribution in [0.25, 0.3) is 0 Å². The smallest absolute Gasteiger partial charge is 0.102 e. The molecule has 0 heterocycles. The van der Waals surface area contributed by atoms with Crippen molar-refractivity contribution in [3.05, 3.63) is 11.4 Å². The summed E-state index contributed by atoms with van der Waals surface area (Å²) in [7, 11) is 0. The van der Waals surface area contributed by atoms with Crippen molar-refractivity contribution in [3.8, 4) is 0 Å². The van der Waals surface area contributed by atoms with Crippen LogP contribution in [0.2, 0.25) is 0 Å². The van der Waals surface area contributed by atoms with Crippen molar-refractivity contribution < 1.29 is 4.39 Å². The molecule has 0 saturated heterocycles. The molecule has 0 aliphatic carbocycles. The van der Waals surface area contributed by atoms with Crippen molar-refractivity contribution in [3.63, 3.8) is 0 Å². The Morgan fingerprint density at radius 3 is 2.40 bits per heavy atom. The number of allylic oxidation sites excluding steroid dienone is 2. The number of aliphatic imine (C=N–C) groups is 1. The van der Waals surface area contributed by atoms with Gasteiger partial charge in [-0.05, 0) is 20.3 Å². The fraction of sp³-hybridized carbons (Fsp3) is 0.625. The van der Waals surface area contributed by atoms with Crippen molar-refractivity contribution in [2.24, 2.45) is 4.99 Å². The zero-order chi connectivity index (χ0) is 7.98. The van der Waals surface area contributed by atoms with Gasteiger partial charge < -0.3 is 0 Å². The Labute approximate surface area is 61.7 Å². The van der Waals surface area contributed by atoms with E-state index in [9.17, 15) is 4.39 Å². The van der Waals surface area contributed by atoms with Gasteiger partial charge in [0.15, 0.2) is 0 Å². The minimum Gasteiger partial charge on any atom is -0.293 e. The first kappa shape index (κ1) is 9.34. The van der Waals surface area contributed by atoms with Gasteiger partial charge in [-0.1, -0.05) is 6.92 Å². The van der Waals surface area contributed by atoms with Crippen molar-refractivity contribution >= 4 is 6.21 Å².